The van der Waals surface area contributed by atoms with Gasteiger partial charge >= 0.3 is 5.97 Å². The molecule has 0 aromatic heterocycles. The number of carbonyl (C=O) groups is 2. The van der Waals surface area contributed by atoms with E-state index in [1.165, 1.54) is 11.9 Å². The first-order chi connectivity index (χ1) is 7.35. The molecule has 0 bridgehead atoms. The van der Waals surface area contributed by atoms with E-state index < -0.39 is 11.5 Å². The third kappa shape index (κ3) is 2.95. The van der Waals surface area contributed by atoms with Crippen molar-refractivity contribution in [2.24, 2.45) is 11.7 Å². The highest BCUT2D eigenvalue weighted by Gasteiger charge is 2.39. The molecule has 0 aliphatic heterocycles. The monoisotopic (exact) mass is 228 g/mol. The molecule has 16 heavy (non-hydrogen) atoms. The van der Waals surface area contributed by atoms with E-state index in [9.17, 15) is 9.59 Å². The van der Waals surface area contributed by atoms with E-state index in [4.69, 9.17) is 10.8 Å². The van der Waals surface area contributed by atoms with Crippen LogP contribution in [0.3, 0.4) is 0 Å². The highest BCUT2D eigenvalue weighted by molar-refractivity contribution is 5.88. The largest absolute Gasteiger partial charge is 0.480 e. The zero-order valence-corrected chi connectivity index (χ0v) is 9.90. The van der Waals surface area contributed by atoms with Gasteiger partial charge in [0.25, 0.3) is 0 Å². The number of hydrogen-bond donors (Lipinski definition) is 2. The van der Waals surface area contributed by atoms with Gasteiger partial charge in [-0.05, 0) is 18.8 Å². The minimum absolute atomic E-state index is 0.249. The van der Waals surface area contributed by atoms with Crippen LogP contribution in [-0.4, -0.2) is 41.0 Å². The van der Waals surface area contributed by atoms with Crippen LogP contribution in [0.25, 0.3) is 0 Å². The normalized spacial score (nSPS) is 29.8. The molecule has 5 heteroatoms. The van der Waals surface area contributed by atoms with Crippen LogP contribution in [-0.2, 0) is 9.59 Å². The molecule has 1 amide bonds. The van der Waals surface area contributed by atoms with Crippen LogP contribution in [0.2, 0.25) is 0 Å². The van der Waals surface area contributed by atoms with Crippen molar-refractivity contribution in [2.45, 2.75) is 38.1 Å². The molecule has 1 saturated carbocycles. The van der Waals surface area contributed by atoms with Crippen molar-refractivity contribution in [1.29, 1.82) is 0 Å². The van der Waals surface area contributed by atoms with Crippen molar-refractivity contribution >= 4 is 11.9 Å². The van der Waals surface area contributed by atoms with E-state index in [-0.39, 0.29) is 12.5 Å². The zero-order chi connectivity index (χ0) is 12.3. The topological polar surface area (TPSA) is 83.6 Å². The first-order valence-electron chi connectivity index (χ1n) is 5.61. The lowest BCUT2D eigenvalue weighted by atomic mass is 9.76. The molecular formula is C11H20N2O3. The van der Waals surface area contributed by atoms with Gasteiger partial charge in [-0.25, -0.2) is 0 Å². The summed E-state index contributed by atoms with van der Waals surface area (Å²) in [6, 6.07) is 0. The van der Waals surface area contributed by atoms with E-state index in [1.54, 1.807) is 0 Å². The number of carbonyl (C=O) groups excluding carboxylic acids is 1. The second-order valence-electron chi connectivity index (χ2n) is 4.91. The molecule has 0 aromatic carbocycles. The minimum atomic E-state index is -1.01. The Labute approximate surface area is 95.6 Å². The summed E-state index contributed by atoms with van der Waals surface area (Å²) in [6.45, 7) is 1.79. The number of carboxylic acids is 1. The van der Waals surface area contributed by atoms with E-state index in [0.29, 0.717) is 18.8 Å². The SMILES string of the molecule is CC1CCCC(N)(C(=O)N(C)CC(=O)O)C1. The first-order valence-corrected chi connectivity index (χ1v) is 5.61. The number of nitrogens with zero attached hydrogens (tertiary/aromatic N) is 1. The maximum atomic E-state index is 12.0. The maximum Gasteiger partial charge on any atom is 0.323 e. The number of carboxylic acid groups (broad SMARTS) is 1. The van der Waals surface area contributed by atoms with E-state index in [2.05, 4.69) is 6.92 Å². The summed E-state index contributed by atoms with van der Waals surface area (Å²) >= 11 is 0. The lowest BCUT2D eigenvalue weighted by molar-refractivity contribution is -0.146. The maximum absolute atomic E-state index is 12.0. The lowest BCUT2D eigenvalue weighted by Crippen LogP contribution is -2.57. The van der Waals surface area contributed by atoms with Crippen LogP contribution in [0.5, 0.6) is 0 Å². The average Bonchev–Trinajstić information content (AvgIpc) is 2.15. The summed E-state index contributed by atoms with van der Waals surface area (Å²) in [7, 11) is 1.49. The number of aliphatic carboxylic acids is 1. The van der Waals surface area contributed by atoms with Gasteiger partial charge in [-0.15, -0.1) is 0 Å². The van der Waals surface area contributed by atoms with Gasteiger partial charge in [0.2, 0.25) is 5.91 Å². The minimum Gasteiger partial charge on any atom is -0.480 e. The molecule has 0 aromatic rings. The Hall–Kier alpha value is -1.10. The highest BCUT2D eigenvalue weighted by atomic mass is 16.4. The number of rotatable bonds is 3. The molecule has 0 radical (unpaired) electrons. The number of likely N-dealkylation sites (N-methyl/N-ethyl adjacent to an activating group) is 1. The van der Waals surface area contributed by atoms with Crippen molar-refractivity contribution in [3.05, 3.63) is 0 Å². The summed E-state index contributed by atoms with van der Waals surface area (Å²) in [5.41, 5.74) is 5.23. The van der Waals surface area contributed by atoms with Crippen molar-refractivity contribution in [3.8, 4) is 0 Å². The number of nitrogens with two attached hydrogens (primary N) is 1. The summed E-state index contributed by atoms with van der Waals surface area (Å²) in [6.07, 6.45) is 3.33. The molecule has 3 N–H and O–H groups in total. The molecule has 1 rings (SSSR count). The molecule has 0 saturated heterocycles. The molecule has 0 heterocycles. The molecule has 1 fully saturated rings. The van der Waals surface area contributed by atoms with Crippen LogP contribution < -0.4 is 5.73 Å². The van der Waals surface area contributed by atoms with Gasteiger partial charge in [0, 0.05) is 7.05 Å². The fourth-order valence-corrected chi connectivity index (χ4v) is 2.44. The second-order valence-corrected chi connectivity index (χ2v) is 4.91. The summed E-state index contributed by atoms with van der Waals surface area (Å²) in [5, 5.41) is 8.63. The summed E-state index contributed by atoms with van der Waals surface area (Å²) in [5.74, 6) is -0.828. The van der Waals surface area contributed by atoms with Gasteiger partial charge in [-0.1, -0.05) is 19.8 Å². The van der Waals surface area contributed by atoms with Gasteiger partial charge < -0.3 is 15.7 Å². The first kappa shape index (κ1) is 13.0. The van der Waals surface area contributed by atoms with E-state index >= 15 is 0 Å². The Morgan fingerprint density at radius 3 is 2.69 bits per heavy atom. The standard InChI is InChI=1S/C11H20N2O3/c1-8-4-3-5-11(12,6-8)10(16)13(2)7-9(14)15/h8H,3-7,12H2,1-2H3,(H,14,15). The number of hydrogen-bond acceptors (Lipinski definition) is 3. The quantitative estimate of drug-likeness (QED) is 0.734. The fourth-order valence-electron chi connectivity index (χ4n) is 2.44. The molecule has 5 nitrogen and oxygen atoms in total. The third-order valence-electron chi connectivity index (χ3n) is 3.18. The lowest BCUT2D eigenvalue weighted by Gasteiger charge is -2.37. The van der Waals surface area contributed by atoms with Crippen LogP contribution in [0, 0.1) is 5.92 Å². The van der Waals surface area contributed by atoms with Crippen LogP contribution in [0.15, 0.2) is 0 Å². The Bertz CT molecular complexity index is 293. The molecule has 0 spiro atoms. The van der Waals surface area contributed by atoms with Crippen LogP contribution in [0.4, 0.5) is 0 Å². The fraction of sp³-hybridized carbons (Fsp3) is 0.818. The Balaban J connectivity index is 2.67. The third-order valence-corrected chi connectivity index (χ3v) is 3.18. The van der Waals surface area contributed by atoms with Crippen molar-refractivity contribution < 1.29 is 14.7 Å². The van der Waals surface area contributed by atoms with Gasteiger partial charge in [-0.3, -0.25) is 9.59 Å². The van der Waals surface area contributed by atoms with Gasteiger partial charge in [0.15, 0.2) is 0 Å². The predicted molar refractivity (Wildman–Crippen MR) is 59.8 cm³/mol. The predicted octanol–water partition coefficient (Wildman–Crippen LogP) is 0.437. The van der Waals surface area contributed by atoms with Crippen molar-refractivity contribution in [3.63, 3.8) is 0 Å². The molecule has 2 unspecified atom stereocenters. The van der Waals surface area contributed by atoms with Gasteiger partial charge in [0.1, 0.15) is 6.54 Å². The highest BCUT2D eigenvalue weighted by Crippen LogP contribution is 2.31. The van der Waals surface area contributed by atoms with Crippen molar-refractivity contribution in [1.82, 2.24) is 4.90 Å². The number of amides is 1. The van der Waals surface area contributed by atoms with Crippen molar-refractivity contribution in [2.75, 3.05) is 13.6 Å². The molecular weight excluding hydrogens is 208 g/mol. The Morgan fingerprint density at radius 1 is 1.56 bits per heavy atom. The summed E-state index contributed by atoms with van der Waals surface area (Å²) in [4.78, 5) is 23.8. The molecule has 92 valence electrons. The zero-order valence-electron chi connectivity index (χ0n) is 9.90. The smallest absolute Gasteiger partial charge is 0.323 e. The summed E-state index contributed by atoms with van der Waals surface area (Å²) < 4.78 is 0. The van der Waals surface area contributed by atoms with Gasteiger partial charge in [-0.2, -0.15) is 0 Å². The van der Waals surface area contributed by atoms with E-state index in [1.807, 2.05) is 0 Å². The van der Waals surface area contributed by atoms with Crippen LogP contribution >= 0.6 is 0 Å². The molecule has 1 aliphatic carbocycles. The average molecular weight is 228 g/mol. The Kier molecular flexibility index (Phi) is 3.91. The second kappa shape index (κ2) is 4.82. The van der Waals surface area contributed by atoms with Crippen LogP contribution in [0.1, 0.15) is 32.6 Å². The van der Waals surface area contributed by atoms with E-state index in [0.717, 1.165) is 12.8 Å². The molecule has 2 atom stereocenters. The molecule has 1 aliphatic rings. The Morgan fingerprint density at radius 2 is 2.19 bits per heavy atom. The van der Waals surface area contributed by atoms with Gasteiger partial charge in [0.05, 0.1) is 5.54 Å².